The largest absolute Gasteiger partial charge is 0.491 e. The second-order valence-electron chi connectivity index (χ2n) is 4.99. The highest BCUT2D eigenvalue weighted by Gasteiger charge is 2.15. The molecule has 3 nitrogen and oxygen atoms in total. The predicted molar refractivity (Wildman–Crippen MR) is 80.8 cm³/mol. The molecule has 1 aliphatic rings. The van der Waals surface area contributed by atoms with Crippen molar-refractivity contribution in [3.63, 3.8) is 0 Å². The van der Waals surface area contributed by atoms with Gasteiger partial charge in [-0.15, -0.1) is 0 Å². The van der Waals surface area contributed by atoms with Crippen molar-refractivity contribution >= 4 is 15.9 Å². The molecule has 1 heterocycles. The molecule has 0 bridgehead atoms. The van der Waals surface area contributed by atoms with Crippen LogP contribution in [0.3, 0.4) is 0 Å². The van der Waals surface area contributed by atoms with Crippen LogP contribution in [0.2, 0.25) is 0 Å². The van der Waals surface area contributed by atoms with Crippen molar-refractivity contribution in [2.45, 2.75) is 19.3 Å². The molecule has 4 heteroatoms. The summed E-state index contributed by atoms with van der Waals surface area (Å²) in [5.74, 6) is 1.72. The normalized spacial score (nSPS) is 16.5. The lowest BCUT2D eigenvalue weighted by molar-refractivity contribution is 0.146. The van der Waals surface area contributed by atoms with Crippen LogP contribution in [0.5, 0.6) is 5.75 Å². The molecule has 1 aromatic rings. The summed E-state index contributed by atoms with van der Waals surface area (Å²) in [5.41, 5.74) is 1.35. The van der Waals surface area contributed by atoms with Crippen molar-refractivity contribution in [2.24, 2.45) is 5.92 Å². The van der Waals surface area contributed by atoms with E-state index in [2.05, 4.69) is 33.4 Å². The molecule has 0 aromatic heterocycles. The second kappa shape index (κ2) is 7.88. The maximum absolute atomic E-state index is 5.67. The Kier molecular flexibility index (Phi) is 6.14. The average Bonchev–Trinajstić information content (AvgIpc) is 2.44. The fourth-order valence-corrected chi connectivity index (χ4v) is 2.85. The molecule has 0 amide bonds. The standard InChI is InChI=1S/C15H22BrNO2/c1-18-8-9-19-14-2-3-15(16)13(11-14)10-12-4-6-17-7-5-12/h2-3,11-12,17H,4-10H2,1H3. The molecule has 1 fully saturated rings. The van der Waals surface area contributed by atoms with Crippen LogP contribution in [0.4, 0.5) is 0 Å². The average molecular weight is 328 g/mol. The third kappa shape index (κ3) is 4.79. The Morgan fingerprint density at radius 1 is 1.26 bits per heavy atom. The molecule has 0 spiro atoms. The Labute approximate surface area is 123 Å². The van der Waals surface area contributed by atoms with E-state index in [0.29, 0.717) is 13.2 Å². The van der Waals surface area contributed by atoms with E-state index in [0.717, 1.165) is 31.2 Å². The number of halogens is 1. The van der Waals surface area contributed by atoms with Gasteiger partial charge in [0.15, 0.2) is 0 Å². The van der Waals surface area contributed by atoms with Gasteiger partial charge in [-0.3, -0.25) is 0 Å². The van der Waals surface area contributed by atoms with Crippen LogP contribution in [0.15, 0.2) is 22.7 Å². The quantitative estimate of drug-likeness (QED) is 0.815. The lowest BCUT2D eigenvalue weighted by Gasteiger charge is -2.23. The third-order valence-corrected chi connectivity index (χ3v) is 4.31. The Bertz CT molecular complexity index is 392. The highest BCUT2D eigenvalue weighted by atomic mass is 79.9. The summed E-state index contributed by atoms with van der Waals surface area (Å²) in [4.78, 5) is 0. The molecule has 106 valence electrons. The zero-order valence-corrected chi connectivity index (χ0v) is 13.0. The van der Waals surface area contributed by atoms with Gasteiger partial charge in [0.1, 0.15) is 12.4 Å². The first-order chi connectivity index (χ1) is 9.29. The lowest BCUT2D eigenvalue weighted by atomic mass is 9.91. The number of ether oxygens (including phenoxy) is 2. The topological polar surface area (TPSA) is 30.5 Å². The van der Waals surface area contributed by atoms with Crippen LogP contribution in [-0.2, 0) is 11.2 Å². The summed E-state index contributed by atoms with van der Waals surface area (Å²) in [6, 6.07) is 6.24. The fourth-order valence-electron chi connectivity index (χ4n) is 2.44. The minimum Gasteiger partial charge on any atom is -0.491 e. The summed E-state index contributed by atoms with van der Waals surface area (Å²) in [6.45, 7) is 3.52. The van der Waals surface area contributed by atoms with E-state index in [4.69, 9.17) is 9.47 Å². The number of methoxy groups -OCH3 is 1. The molecule has 1 aliphatic heterocycles. The minimum absolute atomic E-state index is 0.602. The number of rotatable bonds is 6. The molecule has 1 N–H and O–H groups in total. The van der Waals surface area contributed by atoms with Gasteiger partial charge in [-0.05, 0) is 62.0 Å². The van der Waals surface area contributed by atoms with Crippen molar-refractivity contribution in [1.29, 1.82) is 0 Å². The molecule has 2 rings (SSSR count). The second-order valence-corrected chi connectivity index (χ2v) is 5.85. The molecular formula is C15H22BrNO2. The summed E-state index contributed by atoms with van der Waals surface area (Å²) in [7, 11) is 1.69. The Morgan fingerprint density at radius 3 is 2.79 bits per heavy atom. The van der Waals surface area contributed by atoms with Gasteiger partial charge in [-0.1, -0.05) is 15.9 Å². The van der Waals surface area contributed by atoms with Gasteiger partial charge in [-0.25, -0.2) is 0 Å². The molecule has 0 atom stereocenters. The predicted octanol–water partition coefficient (Wildman–Crippen LogP) is 3.02. The van der Waals surface area contributed by atoms with Crippen LogP contribution in [0.25, 0.3) is 0 Å². The van der Waals surface area contributed by atoms with Gasteiger partial charge in [0.25, 0.3) is 0 Å². The van der Waals surface area contributed by atoms with Gasteiger partial charge in [0, 0.05) is 11.6 Å². The van der Waals surface area contributed by atoms with Crippen molar-refractivity contribution < 1.29 is 9.47 Å². The highest BCUT2D eigenvalue weighted by molar-refractivity contribution is 9.10. The molecule has 0 aliphatic carbocycles. The molecule has 1 aromatic carbocycles. The van der Waals surface area contributed by atoms with Crippen LogP contribution < -0.4 is 10.1 Å². The third-order valence-electron chi connectivity index (χ3n) is 3.54. The number of piperidine rings is 1. The van der Waals surface area contributed by atoms with Crippen LogP contribution in [0.1, 0.15) is 18.4 Å². The summed E-state index contributed by atoms with van der Waals surface area (Å²) < 4.78 is 11.9. The maximum Gasteiger partial charge on any atom is 0.119 e. The van der Waals surface area contributed by atoms with Crippen LogP contribution >= 0.6 is 15.9 Å². The minimum atomic E-state index is 0.602. The summed E-state index contributed by atoms with van der Waals surface area (Å²) in [5, 5.41) is 3.41. The van der Waals surface area contributed by atoms with Crippen molar-refractivity contribution in [3.8, 4) is 5.75 Å². The van der Waals surface area contributed by atoms with E-state index in [-0.39, 0.29) is 0 Å². The van der Waals surface area contributed by atoms with Crippen molar-refractivity contribution in [2.75, 3.05) is 33.4 Å². The number of nitrogens with one attached hydrogen (secondary N) is 1. The monoisotopic (exact) mass is 327 g/mol. The zero-order chi connectivity index (χ0) is 13.5. The molecule has 0 unspecified atom stereocenters. The maximum atomic E-state index is 5.67. The Balaban J connectivity index is 1.95. The first-order valence-corrected chi connectivity index (χ1v) is 7.70. The van der Waals surface area contributed by atoms with Gasteiger partial charge in [-0.2, -0.15) is 0 Å². The number of benzene rings is 1. The zero-order valence-electron chi connectivity index (χ0n) is 11.5. The van der Waals surface area contributed by atoms with Crippen LogP contribution in [-0.4, -0.2) is 33.4 Å². The van der Waals surface area contributed by atoms with Gasteiger partial charge >= 0.3 is 0 Å². The molecule has 1 saturated heterocycles. The van der Waals surface area contributed by atoms with Crippen molar-refractivity contribution in [1.82, 2.24) is 5.32 Å². The van der Waals surface area contributed by atoms with Crippen molar-refractivity contribution in [3.05, 3.63) is 28.2 Å². The molecular weight excluding hydrogens is 306 g/mol. The first-order valence-electron chi connectivity index (χ1n) is 6.90. The smallest absolute Gasteiger partial charge is 0.119 e. The Morgan fingerprint density at radius 2 is 2.05 bits per heavy atom. The fraction of sp³-hybridized carbons (Fsp3) is 0.600. The van der Waals surface area contributed by atoms with E-state index in [1.165, 1.54) is 22.9 Å². The summed E-state index contributed by atoms with van der Waals surface area (Å²) in [6.07, 6.45) is 3.66. The SMILES string of the molecule is COCCOc1ccc(Br)c(CC2CCNCC2)c1. The van der Waals surface area contributed by atoms with Crippen LogP contribution in [0, 0.1) is 5.92 Å². The lowest BCUT2D eigenvalue weighted by Crippen LogP contribution is -2.28. The molecule has 19 heavy (non-hydrogen) atoms. The van der Waals surface area contributed by atoms with Gasteiger partial charge in [0.2, 0.25) is 0 Å². The van der Waals surface area contributed by atoms with E-state index in [1.54, 1.807) is 7.11 Å². The molecule has 0 saturated carbocycles. The first kappa shape index (κ1) is 14.8. The summed E-state index contributed by atoms with van der Waals surface area (Å²) >= 11 is 3.64. The highest BCUT2D eigenvalue weighted by Crippen LogP contribution is 2.27. The van der Waals surface area contributed by atoms with Gasteiger partial charge in [0.05, 0.1) is 6.61 Å². The van der Waals surface area contributed by atoms with Gasteiger partial charge < -0.3 is 14.8 Å². The number of hydrogen-bond donors (Lipinski definition) is 1. The van der Waals surface area contributed by atoms with E-state index < -0.39 is 0 Å². The van der Waals surface area contributed by atoms with E-state index >= 15 is 0 Å². The van der Waals surface area contributed by atoms with E-state index in [1.807, 2.05) is 6.07 Å². The number of hydrogen-bond acceptors (Lipinski definition) is 3. The Hall–Kier alpha value is -0.580. The molecule has 0 radical (unpaired) electrons. The van der Waals surface area contributed by atoms with E-state index in [9.17, 15) is 0 Å².